The molecule has 110 valence electrons. The van der Waals surface area contributed by atoms with E-state index in [-0.39, 0.29) is 28.6 Å². The maximum absolute atomic E-state index is 11.2. The van der Waals surface area contributed by atoms with Gasteiger partial charge in [0.2, 0.25) is 0 Å². The van der Waals surface area contributed by atoms with Gasteiger partial charge in [-0.1, -0.05) is 19.1 Å². The maximum atomic E-state index is 11.2. The van der Waals surface area contributed by atoms with Gasteiger partial charge >= 0.3 is 11.7 Å². The molecule has 0 amide bonds. The minimum absolute atomic E-state index is 0.0266. The van der Waals surface area contributed by atoms with Crippen molar-refractivity contribution in [3.05, 3.63) is 45.6 Å². The summed E-state index contributed by atoms with van der Waals surface area (Å²) in [5.74, 6) is -1.24. The number of nitro groups is 1. The predicted molar refractivity (Wildman–Crippen MR) is 72.7 cm³/mol. The number of carboxylic acids is 1. The number of para-hydroxylation sites is 1. The molecule has 1 heterocycles. The lowest BCUT2D eigenvalue weighted by Crippen LogP contribution is -2.03. The number of rotatable bonds is 5. The Kier molecular flexibility index (Phi) is 3.88. The molecule has 0 spiro atoms. The van der Waals surface area contributed by atoms with Crippen LogP contribution in [0.25, 0.3) is 0 Å². The van der Waals surface area contributed by atoms with E-state index in [9.17, 15) is 14.9 Å². The zero-order valence-electron chi connectivity index (χ0n) is 11.4. The lowest BCUT2D eigenvalue weighted by Gasteiger charge is -2.07. The Morgan fingerprint density at radius 1 is 1.48 bits per heavy atom. The third-order valence-corrected chi connectivity index (χ3v) is 2.88. The first-order valence-electron chi connectivity index (χ1n) is 6.16. The molecule has 21 heavy (non-hydrogen) atoms. The van der Waals surface area contributed by atoms with Crippen LogP contribution >= 0.6 is 0 Å². The minimum Gasteiger partial charge on any atom is -0.478 e. The Labute approximate surface area is 119 Å². The molecule has 0 aliphatic heterocycles. The number of nitrogens with zero attached hydrogens (tertiary/aromatic N) is 3. The second-order valence-corrected chi connectivity index (χ2v) is 4.24. The first kappa shape index (κ1) is 14.5. The van der Waals surface area contributed by atoms with Gasteiger partial charge in [-0.3, -0.25) is 10.1 Å². The molecule has 1 aromatic heterocycles. The Morgan fingerprint density at radius 3 is 2.71 bits per heavy atom. The van der Waals surface area contributed by atoms with Crippen molar-refractivity contribution in [2.45, 2.75) is 13.3 Å². The minimum atomic E-state index is -1.17. The second kappa shape index (κ2) is 5.61. The van der Waals surface area contributed by atoms with Crippen molar-refractivity contribution >= 4 is 11.7 Å². The van der Waals surface area contributed by atoms with Gasteiger partial charge in [-0.2, -0.15) is 5.10 Å². The molecule has 2 aromatic rings. The molecule has 1 N–H and O–H groups in total. The molecule has 8 nitrogen and oxygen atoms in total. The molecular weight excluding hydrogens is 278 g/mol. The Morgan fingerprint density at radius 2 is 2.14 bits per heavy atom. The van der Waals surface area contributed by atoms with Gasteiger partial charge in [-0.15, -0.1) is 0 Å². The topological polar surface area (TPSA) is 107 Å². The molecule has 0 bridgehead atoms. The van der Waals surface area contributed by atoms with E-state index in [1.54, 1.807) is 19.1 Å². The van der Waals surface area contributed by atoms with E-state index in [2.05, 4.69) is 5.10 Å². The van der Waals surface area contributed by atoms with E-state index in [4.69, 9.17) is 9.84 Å². The fourth-order valence-corrected chi connectivity index (χ4v) is 1.92. The van der Waals surface area contributed by atoms with Crippen LogP contribution in [0, 0.1) is 10.1 Å². The number of hydrogen-bond acceptors (Lipinski definition) is 5. The maximum Gasteiger partial charge on any atom is 0.353 e. The molecule has 0 radical (unpaired) electrons. The fraction of sp³-hybridized carbons (Fsp3) is 0.231. The molecule has 0 saturated carbocycles. The van der Waals surface area contributed by atoms with Crippen LogP contribution in [-0.2, 0) is 13.5 Å². The highest BCUT2D eigenvalue weighted by Crippen LogP contribution is 2.35. The molecule has 2 rings (SSSR count). The van der Waals surface area contributed by atoms with Crippen LogP contribution < -0.4 is 4.74 Å². The molecule has 0 fully saturated rings. The van der Waals surface area contributed by atoms with E-state index in [1.165, 1.54) is 23.9 Å². The van der Waals surface area contributed by atoms with E-state index < -0.39 is 10.9 Å². The fourth-order valence-electron chi connectivity index (χ4n) is 1.92. The Bertz CT molecular complexity index is 708. The lowest BCUT2D eigenvalue weighted by molar-refractivity contribution is -0.386. The average molecular weight is 291 g/mol. The summed E-state index contributed by atoms with van der Waals surface area (Å²) >= 11 is 0. The van der Waals surface area contributed by atoms with Crippen LogP contribution in [0.2, 0.25) is 0 Å². The van der Waals surface area contributed by atoms with Crippen molar-refractivity contribution < 1.29 is 19.6 Å². The molecule has 8 heteroatoms. The zero-order chi connectivity index (χ0) is 15.6. The van der Waals surface area contributed by atoms with Crippen molar-refractivity contribution in [2.75, 3.05) is 0 Å². The van der Waals surface area contributed by atoms with Gasteiger partial charge in [-0.05, 0) is 18.6 Å². The third-order valence-electron chi connectivity index (χ3n) is 2.88. The number of carbonyl (C=O) groups is 1. The van der Waals surface area contributed by atoms with Crippen molar-refractivity contribution in [1.82, 2.24) is 9.78 Å². The van der Waals surface area contributed by atoms with Crippen LogP contribution in [0.15, 0.2) is 24.3 Å². The summed E-state index contributed by atoms with van der Waals surface area (Å²) in [6.07, 6.45) is 0.369. The number of carboxylic acid groups (broad SMARTS) is 1. The van der Waals surface area contributed by atoms with E-state index >= 15 is 0 Å². The highest BCUT2D eigenvalue weighted by molar-refractivity contribution is 5.90. The average Bonchev–Trinajstić information content (AvgIpc) is 2.76. The number of benzene rings is 1. The van der Waals surface area contributed by atoms with Gasteiger partial charge in [0.1, 0.15) is 17.0 Å². The summed E-state index contributed by atoms with van der Waals surface area (Å²) in [6, 6.07) is 5.93. The summed E-state index contributed by atoms with van der Waals surface area (Å²) in [5.41, 5.74) is -0.0449. The predicted octanol–water partition coefficient (Wildman–Crippen LogP) is 2.38. The van der Waals surface area contributed by atoms with Gasteiger partial charge in [0.15, 0.2) is 0 Å². The van der Waals surface area contributed by atoms with Crippen LogP contribution in [0.5, 0.6) is 11.6 Å². The Hall–Kier alpha value is -2.90. The van der Waals surface area contributed by atoms with Crippen LogP contribution in [0.1, 0.15) is 23.0 Å². The van der Waals surface area contributed by atoms with Gasteiger partial charge in [-0.25, -0.2) is 9.48 Å². The number of aromatic carboxylic acids is 1. The first-order valence-corrected chi connectivity index (χ1v) is 6.16. The second-order valence-electron chi connectivity index (χ2n) is 4.24. The highest BCUT2D eigenvalue weighted by atomic mass is 16.6. The van der Waals surface area contributed by atoms with Crippen LogP contribution in [0.4, 0.5) is 5.69 Å². The lowest BCUT2D eigenvalue weighted by atomic mass is 10.2. The van der Waals surface area contributed by atoms with Gasteiger partial charge in [0.05, 0.1) is 4.92 Å². The largest absolute Gasteiger partial charge is 0.478 e. The number of hydrogen-bond donors (Lipinski definition) is 1. The van der Waals surface area contributed by atoms with Crippen LogP contribution in [0.3, 0.4) is 0 Å². The standard InChI is InChI=1S/C13H13N3O5/c1-3-9-11(16(19)20)12(15(2)14-9)21-10-7-5-4-6-8(10)13(17)18/h4-7H,3H2,1-2H3,(H,17,18). The summed E-state index contributed by atoms with van der Waals surface area (Å²) < 4.78 is 6.69. The highest BCUT2D eigenvalue weighted by Gasteiger charge is 2.28. The summed E-state index contributed by atoms with van der Waals surface area (Å²) in [4.78, 5) is 21.7. The van der Waals surface area contributed by atoms with E-state index in [1.807, 2.05) is 0 Å². The number of aromatic nitrogens is 2. The molecule has 0 saturated heterocycles. The smallest absolute Gasteiger partial charge is 0.353 e. The zero-order valence-corrected chi connectivity index (χ0v) is 11.4. The van der Waals surface area contributed by atoms with Crippen molar-refractivity contribution in [2.24, 2.45) is 7.05 Å². The molecule has 0 atom stereocenters. The summed E-state index contributed by atoms with van der Waals surface area (Å²) in [6.45, 7) is 1.74. The first-order chi connectivity index (χ1) is 9.95. The SMILES string of the molecule is CCc1nn(C)c(Oc2ccccc2C(=O)O)c1[N+](=O)[O-]. The van der Waals surface area contributed by atoms with Crippen LogP contribution in [-0.4, -0.2) is 25.8 Å². The quantitative estimate of drug-likeness (QED) is 0.669. The monoisotopic (exact) mass is 291 g/mol. The number of aryl methyl sites for hydroxylation is 2. The summed E-state index contributed by atoms with van der Waals surface area (Å²) in [7, 11) is 1.50. The molecule has 0 aliphatic rings. The third kappa shape index (κ3) is 2.69. The van der Waals surface area contributed by atoms with E-state index in [0.717, 1.165) is 0 Å². The Balaban J connectivity index is 2.52. The normalized spacial score (nSPS) is 10.4. The van der Waals surface area contributed by atoms with Gasteiger partial charge in [0, 0.05) is 7.05 Å². The molecule has 0 unspecified atom stereocenters. The van der Waals surface area contributed by atoms with Crippen molar-refractivity contribution in [1.29, 1.82) is 0 Å². The van der Waals surface area contributed by atoms with Crippen molar-refractivity contribution in [3.63, 3.8) is 0 Å². The molecular formula is C13H13N3O5. The number of ether oxygens (including phenoxy) is 1. The van der Waals surface area contributed by atoms with Crippen molar-refractivity contribution in [3.8, 4) is 11.6 Å². The summed E-state index contributed by atoms with van der Waals surface area (Å²) in [5, 5.41) is 24.3. The molecule has 1 aromatic carbocycles. The van der Waals surface area contributed by atoms with E-state index in [0.29, 0.717) is 6.42 Å². The van der Waals surface area contributed by atoms with Gasteiger partial charge in [0.25, 0.3) is 5.88 Å². The molecule has 0 aliphatic carbocycles. The van der Waals surface area contributed by atoms with Gasteiger partial charge < -0.3 is 9.84 Å².